The predicted octanol–water partition coefficient (Wildman–Crippen LogP) is 4.38. The Kier molecular flexibility index (Phi) is 1.86. The van der Waals surface area contributed by atoms with Gasteiger partial charge in [-0.25, -0.2) is 0 Å². The predicted molar refractivity (Wildman–Crippen MR) is 73.0 cm³/mol. The van der Waals surface area contributed by atoms with E-state index >= 15 is 0 Å². The summed E-state index contributed by atoms with van der Waals surface area (Å²) in [6.07, 6.45) is 2.05. The summed E-state index contributed by atoms with van der Waals surface area (Å²) in [7, 11) is 0. The Balaban J connectivity index is 2.08. The molecule has 0 radical (unpaired) electrons. The number of hydrogen-bond acceptors (Lipinski definition) is 1. The summed E-state index contributed by atoms with van der Waals surface area (Å²) >= 11 is 0. The van der Waals surface area contributed by atoms with Crippen molar-refractivity contribution in [1.29, 1.82) is 0 Å². The molecular weight excluding hydrogens is 222 g/mol. The topological polar surface area (TPSA) is 18.1 Å². The molecule has 0 unspecified atom stereocenters. The summed E-state index contributed by atoms with van der Waals surface area (Å²) < 4.78 is 8.02. The zero-order valence-electron chi connectivity index (χ0n) is 9.71. The molecule has 0 saturated heterocycles. The molecule has 0 aliphatic carbocycles. The number of nitrogens with zero attached hydrogens (tertiary/aromatic N) is 1. The normalized spacial score (nSPS) is 11.3. The Hall–Kier alpha value is -2.48. The van der Waals surface area contributed by atoms with Crippen molar-refractivity contribution in [3.8, 4) is 5.69 Å². The van der Waals surface area contributed by atoms with Crippen LogP contribution >= 0.6 is 0 Å². The second-order valence-corrected chi connectivity index (χ2v) is 4.34. The highest BCUT2D eigenvalue weighted by atomic mass is 16.3. The molecule has 0 aliphatic rings. The number of rotatable bonds is 1. The maximum absolute atomic E-state index is 5.94. The highest BCUT2D eigenvalue weighted by Gasteiger charge is 2.11. The van der Waals surface area contributed by atoms with Gasteiger partial charge in [0.15, 0.2) is 0 Å². The van der Waals surface area contributed by atoms with E-state index in [9.17, 15) is 0 Å². The Morgan fingerprint density at radius 3 is 2.39 bits per heavy atom. The van der Waals surface area contributed by atoms with Crippen molar-refractivity contribution in [2.45, 2.75) is 0 Å². The van der Waals surface area contributed by atoms with Crippen molar-refractivity contribution < 1.29 is 4.42 Å². The van der Waals surface area contributed by atoms with Crippen LogP contribution in [-0.2, 0) is 0 Å². The number of fused-ring (bicyclic) bond motifs is 3. The lowest BCUT2D eigenvalue weighted by atomic mass is 10.2. The molecule has 0 fully saturated rings. The molecule has 86 valence electrons. The average molecular weight is 233 g/mol. The molecule has 0 saturated carbocycles. The molecule has 0 N–H and O–H groups in total. The number of para-hydroxylation sites is 2. The van der Waals surface area contributed by atoms with Crippen molar-refractivity contribution in [3.05, 3.63) is 66.9 Å². The van der Waals surface area contributed by atoms with Gasteiger partial charge in [-0.05, 0) is 24.3 Å². The largest absolute Gasteiger partial charge is 0.439 e. The molecule has 2 heterocycles. The fourth-order valence-electron chi connectivity index (χ4n) is 2.40. The number of aromatic nitrogens is 1. The van der Waals surface area contributed by atoms with E-state index in [1.165, 1.54) is 5.39 Å². The summed E-state index contributed by atoms with van der Waals surface area (Å²) in [4.78, 5) is 0. The van der Waals surface area contributed by atoms with E-state index in [2.05, 4.69) is 35.0 Å². The molecule has 2 aromatic heterocycles. The van der Waals surface area contributed by atoms with Crippen LogP contribution < -0.4 is 0 Å². The van der Waals surface area contributed by atoms with Crippen molar-refractivity contribution in [2.75, 3.05) is 0 Å². The first kappa shape index (κ1) is 9.54. The maximum Gasteiger partial charge on any atom is 0.212 e. The minimum absolute atomic E-state index is 0.905. The lowest BCUT2D eigenvalue weighted by Crippen LogP contribution is -1.89. The second kappa shape index (κ2) is 3.50. The highest BCUT2D eigenvalue weighted by molar-refractivity contribution is 6.04. The van der Waals surface area contributed by atoms with Gasteiger partial charge in [0.2, 0.25) is 5.71 Å². The van der Waals surface area contributed by atoms with Crippen LogP contribution in [0.2, 0.25) is 0 Å². The molecule has 0 spiro atoms. The van der Waals surface area contributed by atoms with Gasteiger partial charge in [0, 0.05) is 22.7 Å². The standard InChI is InChI=1S/C16H11NO/c1-2-6-12(7-3-1)17-11-10-14-13-8-4-5-9-15(13)18-16(14)17/h1-11H. The third-order valence-electron chi connectivity index (χ3n) is 3.26. The van der Waals surface area contributed by atoms with Gasteiger partial charge in [-0.3, -0.25) is 4.57 Å². The molecule has 2 heteroatoms. The number of benzene rings is 2. The molecule has 4 aromatic rings. The Morgan fingerprint density at radius 1 is 0.722 bits per heavy atom. The van der Waals surface area contributed by atoms with Crippen LogP contribution in [0.3, 0.4) is 0 Å². The van der Waals surface area contributed by atoms with Crippen LogP contribution in [0.1, 0.15) is 0 Å². The smallest absolute Gasteiger partial charge is 0.212 e. The van der Waals surface area contributed by atoms with Crippen LogP contribution in [0.5, 0.6) is 0 Å². The van der Waals surface area contributed by atoms with Crippen LogP contribution in [0.15, 0.2) is 71.3 Å². The third kappa shape index (κ3) is 1.23. The van der Waals surface area contributed by atoms with Gasteiger partial charge in [0.05, 0.1) is 0 Å². The zero-order chi connectivity index (χ0) is 11.9. The van der Waals surface area contributed by atoms with Gasteiger partial charge in [-0.2, -0.15) is 0 Å². The first-order valence-electron chi connectivity index (χ1n) is 5.97. The number of furan rings is 1. The lowest BCUT2D eigenvalue weighted by Gasteiger charge is -2.01. The molecule has 0 bridgehead atoms. The van der Waals surface area contributed by atoms with Crippen molar-refractivity contribution in [3.63, 3.8) is 0 Å². The molecule has 0 amide bonds. The summed E-state index contributed by atoms with van der Waals surface area (Å²) in [5.74, 6) is 0. The van der Waals surface area contributed by atoms with Gasteiger partial charge >= 0.3 is 0 Å². The van der Waals surface area contributed by atoms with Crippen molar-refractivity contribution in [1.82, 2.24) is 4.57 Å². The van der Waals surface area contributed by atoms with Gasteiger partial charge in [-0.15, -0.1) is 0 Å². The summed E-state index contributed by atoms with van der Waals surface area (Å²) in [5.41, 5.74) is 2.96. The molecule has 0 atom stereocenters. The monoisotopic (exact) mass is 233 g/mol. The summed E-state index contributed by atoms with van der Waals surface area (Å²) in [6, 6.07) is 20.5. The average Bonchev–Trinajstić information content (AvgIpc) is 2.98. The van der Waals surface area contributed by atoms with E-state index < -0.39 is 0 Å². The van der Waals surface area contributed by atoms with E-state index in [1.807, 2.05) is 36.4 Å². The Bertz CT molecular complexity index is 824. The first-order chi connectivity index (χ1) is 8.93. The quantitative estimate of drug-likeness (QED) is 0.477. The van der Waals surface area contributed by atoms with E-state index in [0.29, 0.717) is 0 Å². The molecule has 18 heavy (non-hydrogen) atoms. The van der Waals surface area contributed by atoms with Gasteiger partial charge in [0.1, 0.15) is 5.58 Å². The van der Waals surface area contributed by atoms with E-state index in [0.717, 1.165) is 22.4 Å². The highest BCUT2D eigenvalue weighted by Crippen LogP contribution is 2.30. The fourth-order valence-corrected chi connectivity index (χ4v) is 2.40. The van der Waals surface area contributed by atoms with Crippen LogP contribution in [-0.4, -0.2) is 4.57 Å². The minimum atomic E-state index is 0.905. The Labute approximate surface area is 104 Å². The van der Waals surface area contributed by atoms with Gasteiger partial charge in [0.25, 0.3) is 0 Å². The summed E-state index contributed by atoms with van der Waals surface area (Å²) in [6.45, 7) is 0. The molecule has 2 nitrogen and oxygen atoms in total. The van der Waals surface area contributed by atoms with E-state index in [-0.39, 0.29) is 0 Å². The molecule has 0 aliphatic heterocycles. The minimum Gasteiger partial charge on any atom is -0.439 e. The third-order valence-corrected chi connectivity index (χ3v) is 3.26. The SMILES string of the molecule is c1ccc(-n2ccc3c4ccccc4oc32)cc1. The first-order valence-corrected chi connectivity index (χ1v) is 5.97. The Morgan fingerprint density at radius 2 is 1.50 bits per heavy atom. The van der Waals surface area contributed by atoms with Crippen molar-refractivity contribution >= 4 is 22.1 Å². The van der Waals surface area contributed by atoms with E-state index in [1.54, 1.807) is 0 Å². The zero-order valence-corrected chi connectivity index (χ0v) is 9.71. The van der Waals surface area contributed by atoms with Gasteiger partial charge in [-0.1, -0.05) is 36.4 Å². The molecule has 4 rings (SSSR count). The van der Waals surface area contributed by atoms with Crippen LogP contribution in [0.25, 0.3) is 27.8 Å². The van der Waals surface area contributed by atoms with E-state index in [4.69, 9.17) is 4.42 Å². The fraction of sp³-hybridized carbons (Fsp3) is 0. The lowest BCUT2D eigenvalue weighted by molar-refractivity contribution is 0.643. The molecule has 2 aromatic carbocycles. The van der Waals surface area contributed by atoms with Crippen molar-refractivity contribution in [2.24, 2.45) is 0 Å². The maximum atomic E-state index is 5.94. The van der Waals surface area contributed by atoms with Crippen LogP contribution in [0.4, 0.5) is 0 Å². The van der Waals surface area contributed by atoms with Gasteiger partial charge < -0.3 is 4.42 Å². The second-order valence-electron chi connectivity index (χ2n) is 4.34. The summed E-state index contributed by atoms with van der Waals surface area (Å²) in [5, 5.41) is 2.33. The number of hydrogen-bond donors (Lipinski definition) is 0. The van der Waals surface area contributed by atoms with Crippen LogP contribution in [0, 0.1) is 0 Å². The molecular formula is C16H11NO.